The maximum absolute atomic E-state index is 12.0. The van der Waals surface area contributed by atoms with Crippen LogP contribution in [0.15, 0.2) is 12.4 Å². The maximum atomic E-state index is 12.0. The summed E-state index contributed by atoms with van der Waals surface area (Å²) in [5.74, 6) is 1.35. The molecule has 1 fully saturated rings. The number of halogens is 2. The van der Waals surface area contributed by atoms with Crippen molar-refractivity contribution in [2.45, 2.75) is 52.0 Å². The number of carbonyl (C=O) groups is 1. The number of hydrogen-bond donors (Lipinski definition) is 2. The van der Waals surface area contributed by atoms with E-state index in [2.05, 4.69) is 28.7 Å². The second kappa shape index (κ2) is 10.0. The molecule has 0 bridgehead atoms. The van der Waals surface area contributed by atoms with Gasteiger partial charge in [0.25, 0.3) is 0 Å². The summed E-state index contributed by atoms with van der Waals surface area (Å²) in [6.07, 6.45) is 4.97. The van der Waals surface area contributed by atoms with Crippen LogP contribution in [0, 0.1) is 5.92 Å². The predicted octanol–water partition coefficient (Wildman–Crippen LogP) is 1.51. The molecule has 2 atom stereocenters. The van der Waals surface area contributed by atoms with E-state index in [1.54, 1.807) is 6.20 Å². The van der Waals surface area contributed by atoms with Crippen LogP contribution in [-0.4, -0.2) is 34.2 Å². The van der Waals surface area contributed by atoms with Gasteiger partial charge in [0, 0.05) is 25.5 Å². The minimum Gasteiger partial charge on any atom is -0.364 e. The molecule has 1 saturated heterocycles. The molecule has 0 radical (unpaired) electrons. The van der Waals surface area contributed by atoms with Crippen molar-refractivity contribution >= 4 is 30.7 Å². The molecule has 0 aliphatic carbocycles. The molecular weight excluding hydrogens is 327 g/mol. The molecule has 3 N–H and O–H groups in total. The van der Waals surface area contributed by atoms with Crippen LogP contribution in [0.3, 0.4) is 0 Å². The van der Waals surface area contributed by atoms with Gasteiger partial charge in [-0.2, -0.15) is 0 Å². The van der Waals surface area contributed by atoms with Crippen molar-refractivity contribution in [2.75, 3.05) is 6.54 Å². The summed E-state index contributed by atoms with van der Waals surface area (Å²) in [7, 11) is 0. The first-order valence-corrected chi connectivity index (χ1v) is 7.23. The summed E-state index contributed by atoms with van der Waals surface area (Å²) >= 11 is 0. The lowest BCUT2D eigenvalue weighted by Crippen LogP contribution is -2.35. The van der Waals surface area contributed by atoms with Gasteiger partial charge in [-0.3, -0.25) is 4.79 Å². The van der Waals surface area contributed by atoms with E-state index in [1.165, 1.54) is 0 Å². The third-order valence-corrected chi connectivity index (χ3v) is 3.45. The highest BCUT2D eigenvalue weighted by Gasteiger charge is 2.29. The Morgan fingerprint density at radius 2 is 2.23 bits per heavy atom. The number of nitrogens with two attached hydrogens (primary N) is 1. The highest BCUT2D eigenvalue weighted by molar-refractivity contribution is 5.85. The van der Waals surface area contributed by atoms with E-state index in [4.69, 9.17) is 10.5 Å². The maximum Gasteiger partial charge on any atom is 0.249 e. The standard InChI is InChI=1S/C14H24N4O2.2ClH/c1-10(2)9-18-6-5-16-13(18)8-17-14(19)12-4-3-11(7-15)20-12;;/h5-6,10-12H,3-4,7-9,15H2,1-2H3,(H,17,19);2*1H/t11-,12+;;/m1../s1. The molecular formula is C14H26Cl2N4O2. The molecule has 128 valence electrons. The van der Waals surface area contributed by atoms with Gasteiger partial charge < -0.3 is 20.4 Å². The van der Waals surface area contributed by atoms with Crippen LogP contribution in [0.5, 0.6) is 0 Å². The van der Waals surface area contributed by atoms with E-state index in [0.717, 1.165) is 25.2 Å². The van der Waals surface area contributed by atoms with Crippen molar-refractivity contribution in [2.24, 2.45) is 11.7 Å². The summed E-state index contributed by atoms with van der Waals surface area (Å²) < 4.78 is 7.65. The van der Waals surface area contributed by atoms with Gasteiger partial charge in [-0.15, -0.1) is 24.8 Å². The van der Waals surface area contributed by atoms with Crippen LogP contribution >= 0.6 is 24.8 Å². The SMILES string of the molecule is CC(C)Cn1ccnc1CNC(=O)[C@@H]1CC[C@H](CN)O1.Cl.Cl. The quantitative estimate of drug-likeness (QED) is 0.812. The number of aromatic nitrogens is 2. The number of nitrogens with zero attached hydrogens (tertiary/aromatic N) is 2. The number of carbonyl (C=O) groups excluding carboxylic acids is 1. The molecule has 6 nitrogen and oxygen atoms in total. The van der Waals surface area contributed by atoms with Crippen molar-refractivity contribution in [1.82, 2.24) is 14.9 Å². The minimum atomic E-state index is -0.364. The second-order valence-electron chi connectivity index (χ2n) is 5.67. The number of nitrogens with one attached hydrogen (secondary N) is 1. The van der Waals surface area contributed by atoms with Crippen molar-refractivity contribution in [3.8, 4) is 0 Å². The average molecular weight is 353 g/mol. The first-order valence-electron chi connectivity index (χ1n) is 7.23. The monoisotopic (exact) mass is 352 g/mol. The molecule has 1 aromatic rings. The van der Waals surface area contributed by atoms with Gasteiger partial charge in [-0.05, 0) is 18.8 Å². The van der Waals surface area contributed by atoms with Gasteiger partial charge in [0.15, 0.2) is 0 Å². The Bertz CT molecular complexity index is 454. The Kier molecular flexibility index (Phi) is 9.67. The third kappa shape index (κ3) is 5.76. The fourth-order valence-corrected chi connectivity index (χ4v) is 2.42. The lowest BCUT2D eigenvalue weighted by atomic mass is 10.2. The fraction of sp³-hybridized carbons (Fsp3) is 0.714. The zero-order chi connectivity index (χ0) is 14.5. The summed E-state index contributed by atoms with van der Waals surface area (Å²) in [6, 6.07) is 0. The van der Waals surface area contributed by atoms with E-state index in [1.807, 2.05) is 6.20 Å². The van der Waals surface area contributed by atoms with E-state index >= 15 is 0 Å². The van der Waals surface area contributed by atoms with Crippen LogP contribution in [0.4, 0.5) is 0 Å². The van der Waals surface area contributed by atoms with Gasteiger partial charge >= 0.3 is 0 Å². The lowest BCUT2D eigenvalue weighted by Gasteiger charge is -2.14. The van der Waals surface area contributed by atoms with E-state index in [-0.39, 0.29) is 42.9 Å². The number of rotatable bonds is 6. The summed E-state index contributed by atoms with van der Waals surface area (Å²) in [5.41, 5.74) is 5.54. The fourth-order valence-electron chi connectivity index (χ4n) is 2.42. The van der Waals surface area contributed by atoms with E-state index in [0.29, 0.717) is 19.0 Å². The van der Waals surface area contributed by atoms with Gasteiger partial charge in [0.1, 0.15) is 11.9 Å². The number of ether oxygens (including phenoxy) is 1. The molecule has 2 rings (SSSR count). The second-order valence-corrected chi connectivity index (χ2v) is 5.67. The van der Waals surface area contributed by atoms with Crippen molar-refractivity contribution in [1.29, 1.82) is 0 Å². The summed E-state index contributed by atoms with van der Waals surface area (Å²) in [6.45, 7) is 6.12. The molecule has 0 unspecified atom stereocenters. The van der Waals surface area contributed by atoms with E-state index in [9.17, 15) is 4.79 Å². The third-order valence-electron chi connectivity index (χ3n) is 3.45. The molecule has 1 amide bonds. The van der Waals surface area contributed by atoms with Gasteiger partial charge in [-0.25, -0.2) is 4.98 Å². The Hall–Kier alpha value is -0.820. The number of amides is 1. The molecule has 22 heavy (non-hydrogen) atoms. The Morgan fingerprint density at radius 1 is 1.50 bits per heavy atom. The molecule has 1 aliphatic rings. The average Bonchev–Trinajstić information content (AvgIpc) is 3.04. The van der Waals surface area contributed by atoms with E-state index < -0.39 is 0 Å². The highest BCUT2D eigenvalue weighted by atomic mass is 35.5. The van der Waals surface area contributed by atoms with Gasteiger partial charge in [-0.1, -0.05) is 13.8 Å². The highest BCUT2D eigenvalue weighted by Crippen LogP contribution is 2.18. The predicted molar refractivity (Wildman–Crippen MR) is 90.4 cm³/mol. The van der Waals surface area contributed by atoms with Crippen molar-refractivity contribution in [3.63, 3.8) is 0 Å². The summed E-state index contributed by atoms with van der Waals surface area (Å²) in [5, 5.41) is 2.90. The zero-order valence-electron chi connectivity index (χ0n) is 13.0. The topological polar surface area (TPSA) is 82.2 Å². The van der Waals surface area contributed by atoms with Gasteiger partial charge in [0.2, 0.25) is 5.91 Å². The number of imidazole rings is 1. The largest absolute Gasteiger partial charge is 0.364 e. The van der Waals surface area contributed by atoms with Crippen LogP contribution in [-0.2, 0) is 22.6 Å². The Labute approximate surface area is 144 Å². The lowest BCUT2D eigenvalue weighted by molar-refractivity contribution is -0.132. The zero-order valence-corrected chi connectivity index (χ0v) is 14.7. The first-order chi connectivity index (χ1) is 9.60. The molecule has 8 heteroatoms. The smallest absolute Gasteiger partial charge is 0.249 e. The molecule has 0 spiro atoms. The Balaban J connectivity index is 0.00000220. The van der Waals surface area contributed by atoms with Crippen LogP contribution in [0.25, 0.3) is 0 Å². The summed E-state index contributed by atoms with van der Waals surface area (Å²) in [4.78, 5) is 16.3. The van der Waals surface area contributed by atoms with Crippen molar-refractivity contribution < 1.29 is 9.53 Å². The molecule has 0 aromatic carbocycles. The normalized spacial score (nSPS) is 20.4. The van der Waals surface area contributed by atoms with Gasteiger partial charge in [0.05, 0.1) is 12.6 Å². The molecule has 1 aromatic heterocycles. The van der Waals surface area contributed by atoms with Crippen LogP contribution < -0.4 is 11.1 Å². The minimum absolute atomic E-state index is 0. The van der Waals surface area contributed by atoms with Crippen LogP contribution in [0.1, 0.15) is 32.5 Å². The Morgan fingerprint density at radius 3 is 2.82 bits per heavy atom. The van der Waals surface area contributed by atoms with Crippen LogP contribution in [0.2, 0.25) is 0 Å². The first kappa shape index (κ1) is 21.2. The van der Waals surface area contributed by atoms with Crippen molar-refractivity contribution in [3.05, 3.63) is 18.2 Å². The molecule has 2 heterocycles. The molecule has 1 aliphatic heterocycles. The number of hydrogen-bond acceptors (Lipinski definition) is 4. The molecule has 0 saturated carbocycles.